The summed E-state index contributed by atoms with van der Waals surface area (Å²) < 4.78 is 10.4. The summed E-state index contributed by atoms with van der Waals surface area (Å²) in [6, 6.07) is 0. The molecule has 0 saturated heterocycles. The van der Waals surface area contributed by atoms with Crippen molar-refractivity contribution in [2.75, 3.05) is 13.2 Å². The molecule has 1 aliphatic heterocycles. The number of nitrogens with one attached hydrogen (secondary N) is 1. The number of hydrogen-bond acceptors (Lipinski definition) is 5. The van der Waals surface area contributed by atoms with E-state index >= 15 is 0 Å². The predicted molar refractivity (Wildman–Crippen MR) is 87.1 cm³/mol. The summed E-state index contributed by atoms with van der Waals surface area (Å²) in [6.45, 7) is 7.76. The quantitative estimate of drug-likeness (QED) is 0.790. The molecule has 1 N–H and O–H groups in total. The third kappa shape index (κ3) is 3.38. The highest BCUT2D eigenvalue weighted by molar-refractivity contribution is 5.98. The van der Waals surface area contributed by atoms with Gasteiger partial charge in [-0.15, -0.1) is 0 Å². The van der Waals surface area contributed by atoms with Gasteiger partial charge in [0.2, 0.25) is 0 Å². The van der Waals surface area contributed by atoms with E-state index in [1.54, 1.807) is 13.8 Å². The van der Waals surface area contributed by atoms with Crippen molar-refractivity contribution in [2.45, 2.75) is 27.7 Å². The lowest BCUT2D eigenvalue weighted by atomic mass is 9.77. The fourth-order valence-electron chi connectivity index (χ4n) is 3.06. The molecule has 0 aromatic heterocycles. The van der Waals surface area contributed by atoms with E-state index in [9.17, 15) is 9.59 Å². The maximum atomic E-state index is 12.5. The molecule has 0 amide bonds. The Labute approximate surface area is 136 Å². The largest absolute Gasteiger partial charge is 0.463 e. The highest BCUT2D eigenvalue weighted by Crippen LogP contribution is 2.39. The van der Waals surface area contributed by atoms with E-state index in [0.29, 0.717) is 22.5 Å². The number of carbonyl (C=O) groups is 2. The molecule has 1 aliphatic carbocycles. The zero-order valence-electron chi connectivity index (χ0n) is 14.0. The Morgan fingerprint density at radius 3 is 1.78 bits per heavy atom. The first kappa shape index (κ1) is 17.1. The van der Waals surface area contributed by atoms with Crippen LogP contribution in [0, 0.1) is 11.8 Å². The SMILES string of the molecule is CCOC(=O)C1=C(C)NC(C)=C(C(=O)OCC)C1C1C=CC=C1. The van der Waals surface area contributed by atoms with Gasteiger partial charge in [-0.25, -0.2) is 9.59 Å². The maximum absolute atomic E-state index is 12.5. The number of hydrogen-bond donors (Lipinski definition) is 1. The highest BCUT2D eigenvalue weighted by Gasteiger charge is 2.40. The number of carbonyl (C=O) groups excluding carboxylic acids is 2. The lowest BCUT2D eigenvalue weighted by molar-refractivity contribution is -0.140. The zero-order chi connectivity index (χ0) is 17.0. The number of rotatable bonds is 5. The summed E-state index contributed by atoms with van der Waals surface area (Å²) >= 11 is 0. The normalized spacial score (nSPS) is 18.4. The van der Waals surface area contributed by atoms with Crippen LogP contribution in [-0.2, 0) is 19.1 Å². The Kier molecular flexibility index (Phi) is 5.42. The molecule has 0 spiro atoms. The molecule has 0 aromatic rings. The van der Waals surface area contributed by atoms with Gasteiger partial charge in [-0.1, -0.05) is 24.3 Å². The first-order valence-electron chi connectivity index (χ1n) is 7.89. The molecule has 2 rings (SSSR count). The van der Waals surface area contributed by atoms with Gasteiger partial charge in [0.25, 0.3) is 0 Å². The van der Waals surface area contributed by atoms with Gasteiger partial charge in [-0.05, 0) is 27.7 Å². The van der Waals surface area contributed by atoms with Gasteiger partial charge in [0.05, 0.1) is 24.4 Å². The standard InChI is InChI=1S/C18H23NO4/c1-5-22-17(20)14-11(3)19-12(4)15(18(21)23-6-2)16(14)13-9-7-8-10-13/h7-10,13,16,19H,5-6H2,1-4H3. The van der Waals surface area contributed by atoms with E-state index < -0.39 is 17.9 Å². The average Bonchev–Trinajstić information content (AvgIpc) is 3.00. The van der Waals surface area contributed by atoms with Crippen LogP contribution >= 0.6 is 0 Å². The zero-order valence-corrected chi connectivity index (χ0v) is 14.0. The number of dihydropyridines is 1. The second-order valence-corrected chi connectivity index (χ2v) is 5.47. The van der Waals surface area contributed by atoms with Crippen molar-refractivity contribution in [3.05, 3.63) is 46.8 Å². The van der Waals surface area contributed by atoms with Crippen LogP contribution in [0.5, 0.6) is 0 Å². The third-order valence-electron chi connectivity index (χ3n) is 3.96. The van der Waals surface area contributed by atoms with Crippen LogP contribution in [0.25, 0.3) is 0 Å². The van der Waals surface area contributed by atoms with Gasteiger partial charge in [-0.3, -0.25) is 0 Å². The minimum Gasteiger partial charge on any atom is -0.463 e. The minimum absolute atomic E-state index is 0.0687. The summed E-state index contributed by atoms with van der Waals surface area (Å²) in [5.74, 6) is -1.26. The fourth-order valence-corrected chi connectivity index (χ4v) is 3.06. The Hall–Kier alpha value is -2.30. The van der Waals surface area contributed by atoms with Crippen molar-refractivity contribution in [1.29, 1.82) is 0 Å². The molecule has 0 bridgehead atoms. The van der Waals surface area contributed by atoms with E-state index in [-0.39, 0.29) is 19.1 Å². The summed E-state index contributed by atoms with van der Waals surface area (Å²) in [4.78, 5) is 24.9. The monoisotopic (exact) mass is 317 g/mol. The molecule has 23 heavy (non-hydrogen) atoms. The molecule has 124 valence electrons. The molecular formula is C18H23NO4. The van der Waals surface area contributed by atoms with Gasteiger partial charge in [-0.2, -0.15) is 0 Å². The summed E-state index contributed by atoms with van der Waals surface area (Å²) in [5.41, 5.74) is 2.41. The number of allylic oxidation sites excluding steroid dienone is 6. The van der Waals surface area contributed by atoms with Crippen molar-refractivity contribution >= 4 is 11.9 Å². The molecule has 0 saturated carbocycles. The minimum atomic E-state index is -0.399. The Balaban J connectivity index is 2.50. The summed E-state index contributed by atoms with van der Waals surface area (Å²) in [7, 11) is 0. The number of esters is 2. The van der Waals surface area contributed by atoms with Crippen LogP contribution in [0.4, 0.5) is 0 Å². The van der Waals surface area contributed by atoms with E-state index in [1.807, 2.05) is 38.2 Å². The van der Waals surface area contributed by atoms with E-state index in [1.165, 1.54) is 0 Å². The molecule has 0 aromatic carbocycles. The molecule has 5 nitrogen and oxygen atoms in total. The van der Waals surface area contributed by atoms with Gasteiger partial charge in [0.15, 0.2) is 0 Å². The molecule has 2 aliphatic rings. The van der Waals surface area contributed by atoms with E-state index in [2.05, 4.69) is 5.32 Å². The van der Waals surface area contributed by atoms with E-state index in [4.69, 9.17) is 9.47 Å². The molecule has 0 radical (unpaired) electrons. The Morgan fingerprint density at radius 2 is 1.39 bits per heavy atom. The Morgan fingerprint density at radius 1 is 0.957 bits per heavy atom. The third-order valence-corrected chi connectivity index (χ3v) is 3.96. The first-order valence-corrected chi connectivity index (χ1v) is 7.89. The van der Waals surface area contributed by atoms with Gasteiger partial charge < -0.3 is 14.8 Å². The smallest absolute Gasteiger partial charge is 0.336 e. The van der Waals surface area contributed by atoms with E-state index in [0.717, 1.165) is 0 Å². The maximum Gasteiger partial charge on any atom is 0.336 e. The molecule has 0 unspecified atom stereocenters. The van der Waals surface area contributed by atoms with Crippen LogP contribution in [-0.4, -0.2) is 25.2 Å². The van der Waals surface area contributed by atoms with Crippen LogP contribution in [0.15, 0.2) is 46.8 Å². The van der Waals surface area contributed by atoms with Crippen LogP contribution in [0.2, 0.25) is 0 Å². The second kappa shape index (κ2) is 7.31. The van der Waals surface area contributed by atoms with Crippen molar-refractivity contribution in [3.8, 4) is 0 Å². The molecular weight excluding hydrogens is 294 g/mol. The predicted octanol–water partition coefficient (Wildman–Crippen LogP) is 2.62. The summed E-state index contributed by atoms with van der Waals surface area (Å²) in [5, 5.41) is 3.12. The van der Waals surface area contributed by atoms with Crippen LogP contribution in [0.3, 0.4) is 0 Å². The lowest BCUT2D eigenvalue weighted by Gasteiger charge is -2.32. The van der Waals surface area contributed by atoms with Crippen molar-refractivity contribution in [3.63, 3.8) is 0 Å². The second-order valence-electron chi connectivity index (χ2n) is 5.47. The van der Waals surface area contributed by atoms with Crippen molar-refractivity contribution in [1.82, 2.24) is 5.32 Å². The first-order chi connectivity index (χ1) is 11.0. The fraction of sp³-hybridized carbons (Fsp3) is 0.444. The van der Waals surface area contributed by atoms with Gasteiger partial charge in [0, 0.05) is 23.2 Å². The van der Waals surface area contributed by atoms with Crippen molar-refractivity contribution in [2.24, 2.45) is 11.8 Å². The van der Waals surface area contributed by atoms with Crippen LogP contribution in [0.1, 0.15) is 27.7 Å². The van der Waals surface area contributed by atoms with Crippen molar-refractivity contribution < 1.29 is 19.1 Å². The highest BCUT2D eigenvalue weighted by atomic mass is 16.5. The summed E-state index contributed by atoms with van der Waals surface area (Å²) in [6.07, 6.45) is 7.80. The number of ether oxygens (including phenoxy) is 2. The average molecular weight is 317 g/mol. The Bertz CT molecular complexity index is 573. The molecule has 0 atom stereocenters. The van der Waals surface area contributed by atoms with Gasteiger partial charge >= 0.3 is 11.9 Å². The molecule has 1 heterocycles. The van der Waals surface area contributed by atoms with Gasteiger partial charge in [0.1, 0.15) is 0 Å². The lowest BCUT2D eigenvalue weighted by Crippen LogP contribution is -2.36. The van der Waals surface area contributed by atoms with Crippen LogP contribution < -0.4 is 5.32 Å². The molecule has 0 fully saturated rings. The topological polar surface area (TPSA) is 64.6 Å². The molecule has 5 heteroatoms.